The second-order valence-electron chi connectivity index (χ2n) is 3.57. The molecule has 0 saturated carbocycles. The second-order valence-corrected chi connectivity index (χ2v) is 3.57. The van der Waals surface area contributed by atoms with Crippen molar-refractivity contribution in [3.05, 3.63) is 0 Å². The average molecular weight is 203 g/mol. The van der Waals surface area contributed by atoms with Crippen molar-refractivity contribution in [2.75, 3.05) is 19.6 Å². The highest BCUT2D eigenvalue weighted by Crippen LogP contribution is 1.96. The minimum absolute atomic E-state index is 0.119. The molecule has 0 aliphatic heterocycles. The fourth-order valence-electron chi connectivity index (χ4n) is 0.628. The summed E-state index contributed by atoms with van der Waals surface area (Å²) < 4.78 is 0. The van der Waals surface area contributed by atoms with Crippen LogP contribution in [0.25, 0.3) is 0 Å². The molecular formula is C8H17N3O3. The number of aliphatic hydroxyl groups is 1. The quantitative estimate of drug-likeness (QED) is 0.412. The Morgan fingerprint density at radius 2 is 1.86 bits per heavy atom. The van der Waals surface area contributed by atoms with Gasteiger partial charge >= 0.3 is 0 Å². The van der Waals surface area contributed by atoms with Gasteiger partial charge in [-0.2, -0.15) is 0 Å². The van der Waals surface area contributed by atoms with Gasteiger partial charge in [0.15, 0.2) is 0 Å². The molecular weight excluding hydrogens is 186 g/mol. The van der Waals surface area contributed by atoms with E-state index in [9.17, 15) is 14.7 Å². The first-order chi connectivity index (χ1) is 6.35. The van der Waals surface area contributed by atoms with Gasteiger partial charge in [0.2, 0.25) is 11.8 Å². The van der Waals surface area contributed by atoms with Crippen LogP contribution in [0.1, 0.15) is 13.8 Å². The van der Waals surface area contributed by atoms with Crippen LogP contribution in [0.15, 0.2) is 0 Å². The van der Waals surface area contributed by atoms with Crippen molar-refractivity contribution in [2.45, 2.75) is 19.4 Å². The topological polar surface area (TPSA) is 104 Å². The van der Waals surface area contributed by atoms with Gasteiger partial charge in [0, 0.05) is 6.54 Å². The monoisotopic (exact) mass is 203 g/mol. The number of amides is 2. The van der Waals surface area contributed by atoms with Crippen LogP contribution in [0.2, 0.25) is 0 Å². The van der Waals surface area contributed by atoms with Gasteiger partial charge in [0.05, 0.1) is 18.7 Å². The van der Waals surface area contributed by atoms with Crippen LogP contribution in [-0.2, 0) is 9.59 Å². The maximum Gasteiger partial charge on any atom is 0.239 e. The molecule has 14 heavy (non-hydrogen) atoms. The zero-order chi connectivity index (χ0) is 11.2. The van der Waals surface area contributed by atoms with E-state index in [1.54, 1.807) is 13.8 Å². The normalized spacial score (nSPS) is 10.9. The number of rotatable bonds is 5. The van der Waals surface area contributed by atoms with Crippen LogP contribution in [0.5, 0.6) is 0 Å². The average Bonchev–Trinajstić information content (AvgIpc) is 2.09. The highest BCUT2D eigenvalue weighted by molar-refractivity contribution is 5.85. The van der Waals surface area contributed by atoms with Crippen molar-refractivity contribution in [3.63, 3.8) is 0 Å². The summed E-state index contributed by atoms with van der Waals surface area (Å²) in [5.74, 6) is -0.739. The van der Waals surface area contributed by atoms with Crippen molar-refractivity contribution < 1.29 is 14.7 Å². The molecule has 5 N–H and O–H groups in total. The number of hydrogen-bond acceptors (Lipinski definition) is 4. The second kappa shape index (κ2) is 5.56. The molecule has 0 aromatic carbocycles. The summed E-state index contributed by atoms with van der Waals surface area (Å²) in [5, 5.41) is 14.0. The molecule has 0 aromatic heterocycles. The molecule has 0 fully saturated rings. The summed E-state index contributed by atoms with van der Waals surface area (Å²) in [5.41, 5.74) is 4.07. The molecule has 0 unspecified atom stereocenters. The molecule has 0 aliphatic rings. The number of nitrogens with two attached hydrogens (primary N) is 1. The molecule has 0 aliphatic carbocycles. The molecule has 0 bridgehead atoms. The maximum absolute atomic E-state index is 11.0. The Bertz CT molecular complexity index is 210. The third-order valence-corrected chi connectivity index (χ3v) is 1.35. The van der Waals surface area contributed by atoms with Crippen molar-refractivity contribution in [3.8, 4) is 0 Å². The lowest BCUT2D eigenvalue weighted by Gasteiger charge is -2.17. The minimum Gasteiger partial charge on any atom is -0.389 e. The minimum atomic E-state index is -0.951. The lowest BCUT2D eigenvalue weighted by molar-refractivity contribution is -0.125. The molecule has 82 valence electrons. The van der Waals surface area contributed by atoms with Gasteiger partial charge in [0.25, 0.3) is 0 Å². The maximum atomic E-state index is 11.0. The van der Waals surface area contributed by atoms with Gasteiger partial charge in [-0.25, -0.2) is 0 Å². The smallest absolute Gasteiger partial charge is 0.239 e. The summed E-state index contributed by atoms with van der Waals surface area (Å²) in [4.78, 5) is 21.7. The number of nitrogens with one attached hydrogen (secondary N) is 2. The summed E-state index contributed by atoms with van der Waals surface area (Å²) >= 11 is 0. The first-order valence-corrected chi connectivity index (χ1v) is 4.31. The zero-order valence-electron chi connectivity index (χ0n) is 8.46. The Morgan fingerprint density at radius 3 is 2.29 bits per heavy atom. The molecule has 6 nitrogen and oxygen atoms in total. The van der Waals surface area contributed by atoms with Crippen LogP contribution in [0.4, 0.5) is 0 Å². The molecule has 0 saturated heterocycles. The molecule has 0 rings (SSSR count). The van der Waals surface area contributed by atoms with E-state index in [1.807, 2.05) is 0 Å². The Labute approximate surface area is 82.9 Å². The van der Waals surface area contributed by atoms with Crippen LogP contribution < -0.4 is 16.4 Å². The Hall–Kier alpha value is -1.14. The molecule has 2 amide bonds. The highest BCUT2D eigenvalue weighted by Gasteiger charge is 2.13. The van der Waals surface area contributed by atoms with Crippen LogP contribution in [0.3, 0.4) is 0 Å². The number of carbonyl (C=O) groups is 2. The Morgan fingerprint density at radius 1 is 1.29 bits per heavy atom. The van der Waals surface area contributed by atoms with E-state index < -0.39 is 5.60 Å². The predicted octanol–water partition coefficient (Wildman–Crippen LogP) is -2.05. The van der Waals surface area contributed by atoms with E-state index in [2.05, 4.69) is 10.6 Å². The van der Waals surface area contributed by atoms with Crippen molar-refractivity contribution in [1.82, 2.24) is 10.6 Å². The third kappa shape index (κ3) is 7.51. The van der Waals surface area contributed by atoms with Gasteiger partial charge in [0.1, 0.15) is 0 Å². The van der Waals surface area contributed by atoms with Gasteiger partial charge in [-0.15, -0.1) is 0 Å². The fraction of sp³-hybridized carbons (Fsp3) is 0.750. The van der Waals surface area contributed by atoms with Gasteiger partial charge in [-0.3, -0.25) is 9.59 Å². The molecule has 0 atom stereocenters. The van der Waals surface area contributed by atoms with Crippen molar-refractivity contribution in [2.24, 2.45) is 5.73 Å². The zero-order valence-corrected chi connectivity index (χ0v) is 8.46. The molecule has 6 heteroatoms. The van der Waals surface area contributed by atoms with Crippen LogP contribution in [0, 0.1) is 0 Å². The van der Waals surface area contributed by atoms with E-state index in [-0.39, 0.29) is 31.4 Å². The lowest BCUT2D eigenvalue weighted by Crippen LogP contribution is -2.44. The van der Waals surface area contributed by atoms with E-state index in [0.29, 0.717) is 0 Å². The largest absolute Gasteiger partial charge is 0.389 e. The molecule has 0 heterocycles. The highest BCUT2D eigenvalue weighted by atomic mass is 16.3. The Balaban J connectivity index is 3.62. The van der Waals surface area contributed by atoms with E-state index in [0.717, 1.165) is 0 Å². The predicted molar refractivity (Wildman–Crippen MR) is 51.4 cm³/mol. The SMILES string of the molecule is CC(C)(O)CNC(=O)CNC(=O)CN. The molecule has 0 aromatic rings. The Kier molecular flexibility index (Phi) is 5.11. The number of carbonyl (C=O) groups excluding carboxylic acids is 2. The van der Waals surface area contributed by atoms with E-state index in [1.165, 1.54) is 0 Å². The van der Waals surface area contributed by atoms with Gasteiger partial charge < -0.3 is 21.5 Å². The first kappa shape index (κ1) is 12.9. The first-order valence-electron chi connectivity index (χ1n) is 4.31. The summed E-state index contributed by atoms with van der Waals surface area (Å²) in [6.45, 7) is 3.03. The van der Waals surface area contributed by atoms with Crippen LogP contribution in [-0.4, -0.2) is 42.2 Å². The molecule has 0 radical (unpaired) electrons. The van der Waals surface area contributed by atoms with Gasteiger partial charge in [-0.05, 0) is 13.8 Å². The fourth-order valence-corrected chi connectivity index (χ4v) is 0.628. The number of hydrogen-bond donors (Lipinski definition) is 4. The van der Waals surface area contributed by atoms with E-state index in [4.69, 9.17) is 5.73 Å². The summed E-state index contributed by atoms with van der Waals surface area (Å²) in [6, 6.07) is 0. The summed E-state index contributed by atoms with van der Waals surface area (Å²) in [6.07, 6.45) is 0. The standard InChI is InChI=1S/C8H17N3O3/c1-8(2,14)5-11-7(13)4-10-6(12)3-9/h14H,3-5,9H2,1-2H3,(H,10,12)(H,11,13). The van der Waals surface area contributed by atoms with Crippen LogP contribution >= 0.6 is 0 Å². The summed E-state index contributed by atoms with van der Waals surface area (Å²) in [7, 11) is 0. The van der Waals surface area contributed by atoms with E-state index >= 15 is 0 Å². The van der Waals surface area contributed by atoms with Gasteiger partial charge in [-0.1, -0.05) is 0 Å². The lowest BCUT2D eigenvalue weighted by atomic mass is 10.1. The molecule has 0 spiro atoms. The third-order valence-electron chi connectivity index (χ3n) is 1.35. The van der Waals surface area contributed by atoms with Crippen molar-refractivity contribution >= 4 is 11.8 Å². The van der Waals surface area contributed by atoms with Crippen molar-refractivity contribution in [1.29, 1.82) is 0 Å².